The van der Waals surface area contributed by atoms with Gasteiger partial charge in [-0.25, -0.2) is 0 Å². The first kappa shape index (κ1) is 25.7. The molecule has 2 N–H and O–H groups in total. The average molecular weight is 525 g/mol. The molecule has 4 aromatic rings. The number of likely N-dealkylation sites (N-methyl/N-ethyl adjacent to an activating group) is 1. The van der Waals surface area contributed by atoms with E-state index in [-0.39, 0.29) is 17.8 Å². The van der Waals surface area contributed by atoms with E-state index >= 15 is 0 Å². The van der Waals surface area contributed by atoms with Gasteiger partial charge in [-0.3, -0.25) is 14.5 Å². The summed E-state index contributed by atoms with van der Waals surface area (Å²) in [5.74, 6) is 0.313. The predicted molar refractivity (Wildman–Crippen MR) is 139 cm³/mol. The molecular weight excluding hydrogens is 500 g/mol. The molecule has 0 spiro atoms. The van der Waals surface area contributed by atoms with Crippen LogP contribution >= 0.6 is 22.9 Å². The topological polar surface area (TPSA) is 112 Å². The molecule has 0 radical (unpaired) electrons. The number of carbonyl (C=O) groups excluding carboxylic acids is 1. The van der Waals surface area contributed by atoms with Crippen molar-refractivity contribution >= 4 is 39.9 Å². The summed E-state index contributed by atoms with van der Waals surface area (Å²) in [6, 6.07) is 14.4. The highest BCUT2D eigenvalue weighted by molar-refractivity contribution is 7.12. The highest BCUT2D eigenvalue weighted by Crippen LogP contribution is 2.24. The third kappa shape index (κ3) is 6.04. The molecular formula is C26H25ClN4O4S. The number of benzene rings is 1. The van der Waals surface area contributed by atoms with Gasteiger partial charge in [0.05, 0.1) is 18.4 Å². The SMILES string of the molecule is CN(Cc1cc2c(=O)c(CC(=O)NCc3ccc(Cl)cc3)cn(C)c2o1)CC(O)c1ccc(C#N)s1. The second-order valence-electron chi connectivity index (χ2n) is 8.63. The largest absolute Gasteiger partial charge is 0.443 e. The maximum absolute atomic E-state index is 13.1. The minimum atomic E-state index is -0.740. The highest BCUT2D eigenvalue weighted by Gasteiger charge is 2.18. The normalized spacial score (nSPS) is 12.1. The number of amides is 1. The zero-order chi connectivity index (χ0) is 25.8. The third-order valence-corrected chi connectivity index (χ3v) is 7.04. The summed E-state index contributed by atoms with van der Waals surface area (Å²) in [7, 11) is 3.60. The number of halogens is 1. The Balaban J connectivity index is 1.42. The molecule has 1 unspecified atom stereocenters. The van der Waals surface area contributed by atoms with Gasteiger partial charge in [0.15, 0.2) is 5.43 Å². The summed E-state index contributed by atoms with van der Waals surface area (Å²) >= 11 is 7.15. The Kier molecular flexibility index (Phi) is 7.91. The monoisotopic (exact) mass is 524 g/mol. The number of nitriles is 1. The van der Waals surface area contributed by atoms with Crippen LogP contribution in [0.4, 0.5) is 0 Å². The van der Waals surface area contributed by atoms with Gasteiger partial charge < -0.3 is 19.4 Å². The van der Waals surface area contributed by atoms with Gasteiger partial charge in [0.25, 0.3) is 0 Å². The number of furan rings is 1. The molecule has 1 atom stereocenters. The predicted octanol–water partition coefficient (Wildman–Crippen LogP) is 3.74. The Hall–Kier alpha value is -3.42. The van der Waals surface area contributed by atoms with E-state index in [4.69, 9.17) is 21.3 Å². The Morgan fingerprint density at radius 1 is 1.31 bits per heavy atom. The van der Waals surface area contributed by atoms with E-state index in [1.54, 1.807) is 48.1 Å². The van der Waals surface area contributed by atoms with Gasteiger partial charge in [-0.2, -0.15) is 5.26 Å². The van der Waals surface area contributed by atoms with Crippen LogP contribution in [-0.4, -0.2) is 34.1 Å². The first-order chi connectivity index (χ1) is 17.2. The number of aromatic nitrogens is 1. The van der Waals surface area contributed by atoms with Crippen LogP contribution < -0.4 is 10.7 Å². The summed E-state index contributed by atoms with van der Waals surface area (Å²) in [4.78, 5) is 28.7. The van der Waals surface area contributed by atoms with E-state index in [0.717, 1.165) is 10.4 Å². The molecule has 3 aromatic heterocycles. The van der Waals surface area contributed by atoms with Crippen molar-refractivity contribution in [3.05, 3.63) is 90.5 Å². The van der Waals surface area contributed by atoms with E-state index in [9.17, 15) is 14.7 Å². The molecule has 0 saturated heterocycles. The molecule has 0 aliphatic heterocycles. The molecule has 3 heterocycles. The van der Waals surface area contributed by atoms with Gasteiger partial charge in [-0.05, 0) is 42.9 Å². The zero-order valence-corrected chi connectivity index (χ0v) is 21.4. The van der Waals surface area contributed by atoms with Crippen molar-refractivity contribution < 1.29 is 14.3 Å². The van der Waals surface area contributed by atoms with Crippen molar-refractivity contribution in [1.29, 1.82) is 5.26 Å². The Morgan fingerprint density at radius 3 is 2.75 bits per heavy atom. The van der Waals surface area contributed by atoms with Crippen molar-refractivity contribution in [2.24, 2.45) is 7.05 Å². The lowest BCUT2D eigenvalue weighted by Gasteiger charge is -2.18. The molecule has 186 valence electrons. The molecule has 1 amide bonds. The number of nitrogens with one attached hydrogen (secondary N) is 1. The number of carbonyl (C=O) groups is 1. The minimum Gasteiger partial charge on any atom is -0.443 e. The first-order valence-corrected chi connectivity index (χ1v) is 12.4. The number of aliphatic hydroxyl groups excluding tert-OH is 1. The van der Waals surface area contributed by atoms with E-state index in [1.165, 1.54) is 11.3 Å². The van der Waals surface area contributed by atoms with Gasteiger partial charge >= 0.3 is 0 Å². The Bertz CT molecular complexity index is 1480. The van der Waals surface area contributed by atoms with Crippen LogP contribution in [0.15, 0.2) is 57.9 Å². The quantitative estimate of drug-likeness (QED) is 0.345. The van der Waals surface area contributed by atoms with Crippen molar-refractivity contribution in [2.75, 3.05) is 13.6 Å². The number of nitrogens with zero attached hydrogens (tertiary/aromatic N) is 3. The molecule has 0 aliphatic carbocycles. The van der Waals surface area contributed by atoms with Gasteiger partial charge in [0.1, 0.15) is 22.8 Å². The summed E-state index contributed by atoms with van der Waals surface area (Å²) < 4.78 is 7.62. The molecule has 0 saturated carbocycles. The maximum Gasteiger partial charge on any atom is 0.224 e. The average Bonchev–Trinajstić information content (AvgIpc) is 3.50. The van der Waals surface area contributed by atoms with Crippen molar-refractivity contribution in [3.63, 3.8) is 0 Å². The molecule has 8 nitrogen and oxygen atoms in total. The smallest absolute Gasteiger partial charge is 0.224 e. The minimum absolute atomic E-state index is 0.0473. The molecule has 0 aliphatic rings. The van der Waals surface area contributed by atoms with Gasteiger partial charge in [0, 0.05) is 41.8 Å². The first-order valence-electron chi connectivity index (χ1n) is 11.2. The van der Waals surface area contributed by atoms with Crippen LogP contribution in [0.2, 0.25) is 5.02 Å². The van der Waals surface area contributed by atoms with E-state index in [0.29, 0.717) is 52.0 Å². The number of thiophene rings is 1. The fraction of sp³-hybridized carbons (Fsp3) is 0.269. The molecule has 1 aromatic carbocycles. The van der Waals surface area contributed by atoms with Crippen LogP contribution in [0.1, 0.15) is 32.7 Å². The third-order valence-electron chi connectivity index (χ3n) is 5.70. The summed E-state index contributed by atoms with van der Waals surface area (Å²) in [6.45, 7) is 1.05. The summed E-state index contributed by atoms with van der Waals surface area (Å²) in [5.41, 5.74) is 1.46. The second kappa shape index (κ2) is 11.1. The fourth-order valence-corrected chi connectivity index (χ4v) is 4.84. The lowest BCUT2D eigenvalue weighted by atomic mass is 10.1. The van der Waals surface area contributed by atoms with Gasteiger partial charge in [-0.1, -0.05) is 23.7 Å². The molecule has 10 heteroatoms. The number of aliphatic hydroxyl groups is 1. The van der Waals surface area contributed by atoms with E-state index in [2.05, 4.69) is 11.4 Å². The van der Waals surface area contributed by atoms with E-state index in [1.807, 2.05) is 24.1 Å². The van der Waals surface area contributed by atoms with Crippen molar-refractivity contribution in [1.82, 2.24) is 14.8 Å². The van der Waals surface area contributed by atoms with Gasteiger partial charge in [0.2, 0.25) is 11.6 Å². The second-order valence-corrected chi connectivity index (χ2v) is 10.2. The van der Waals surface area contributed by atoms with Crippen LogP contribution in [0.25, 0.3) is 11.1 Å². The molecule has 4 rings (SSSR count). The van der Waals surface area contributed by atoms with Crippen molar-refractivity contribution in [2.45, 2.75) is 25.6 Å². The number of pyridine rings is 1. The summed E-state index contributed by atoms with van der Waals surface area (Å²) in [5, 5.41) is 23.3. The maximum atomic E-state index is 13.1. The van der Waals surface area contributed by atoms with Gasteiger partial charge in [-0.15, -0.1) is 11.3 Å². The number of aryl methyl sites for hydroxylation is 1. The Morgan fingerprint density at radius 2 is 2.06 bits per heavy atom. The fourth-order valence-electron chi connectivity index (χ4n) is 3.93. The lowest BCUT2D eigenvalue weighted by Crippen LogP contribution is -2.27. The number of hydrogen-bond donors (Lipinski definition) is 2. The standard InChI is InChI=1S/C26H25ClN4O4S/c1-30(15-22(32)23-8-7-20(11-28)36-23)14-19-10-21-25(34)17(13-31(2)26(21)35-19)9-24(33)29-12-16-3-5-18(27)6-4-16/h3-8,10,13,22,32H,9,12,14-15H2,1-2H3,(H,29,33). The molecule has 0 fully saturated rings. The molecule has 36 heavy (non-hydrogen) atoms. The zero-order valence-electron chi connectivity index (χ0n) is 19.8. The number of hydrogen-bond acceptors (Lipinski definition) is 7. The lowest BCUT2D eigenvalue weighted by molar-refractivity contribution is -0.120. The van der Waals surface area contributed by atoms with Crippen LogP contribution in [0, 0.1) is 11.3 Å². The van der Waals surface area contributed by atoms with E-state index < -0.39 is 6.10 Å². The van der Waals surface area contributed by atoms with Crippen LogP contribution in [0.5, 0.6) is 0 Å². The Labute approximate surface area is 216 Å². The van der Waals surface area contributed by atoms with Crippen LogP contribution in [-0.2, 0) is 31.4 Å². The molecule has 0 bridgehead atoms. The number of rotatable bonds is 9. The number of fused-ring (bicyclic) bond motifs is 1. The van der Waals surface area contributed by atoms with Crippen LogP contribution in [0.3, 0.4) is 0 Å². The highest BCUT2D eigenvalue weighted by atomic mass is 35.5. The van der Waals surface area contributed by atoms with Crippen molar-refractivity contribution in [3.8, 4) is 6.07 Å². The summed E-state index contributed by atoms with van der Waals surface area (Å²) in [6.07, 6.45) is 0.834.